The number of hydrogen-bond donors (Lipinski definition) is 0. The summed E-state index contributed by atoms with van der Waals surface area (Å²) in [6, 6.07) is 0. The zero-order valence-electron chi connectivity index (χ0n) is 5.19. The van der Waals surface area contributed by atoms with Gasteiger partial charge in [-0.1, -0.05) is 0 Å². The molecular weight excluding hydrogens is 146 g/mol. The van der Waals surface area contributed by atoms with Crippen LogP contribution in [0.25, 0.3) is 0 Å². The molecule has 0 N–H and O–H groups in total. The molecule has 0 aliphatic carbocycles. The Labute approximate surface area is 62.6 Å². The van der Waals surface area contributed by atoms with Gasteiger partial charge in [-0.3, -0.25) is 0 Å². The zero-order valence-corrected chi connectivity index (χ0v) is 6.01. The lowest BCUT2D eigenvalue weighted by molar-refractivity contribution is 1.04. The summed E-state index contributed by atoms with van der Waals surface area (Å²) < 4.78 is 0. The topological polar surface area (TPSA) is 37.1 Å². The molecule has 0 saturated heterocycles. The Morgan fingerprint density at radius 3 is 3.50 bits per heavy atom. The predicted molar refractivity (Wildman–Crippen MR) is 42.0 cm³/mol. The SMILES string of the molecule is C1=NN=NC2=CCSC2=C1. The van der Waals surface area contributed by atoms with E-state index in [1.807, 2.05) is 6.08 Å². The van der Waals surface area contributed by atoms with E-state index in [-0.39, 0.29) is 0 Å². The van der Waals surface area contributed by atoms with Crippen molar-refractivity contribution in [3.63, 3.8) is 0 Å². The molecule has 0 unspecified atom stereocenters. The number of allylic oxidation sites excluding steroid dienone is 1. The van der Waals surface area contributed by atoms with Gasteiger partial charge in [0.15, 0.2) is 0 Å². The zero-order chi connectivity index (χ0) is 6.81. The first kappa shape index (κ1) is 5.85. The number of rotatable bonds is 0. The average molecular weight is 151 g/mol. The standard InChI is InChI=1S/C6H5N3S/c1-3-7-9-8-5-2-4-10-6(1)5/h1-3H,4H2. The third-order valence-corrected chi connectivity index (χ3v) is 2.25. The smallest absolute Gasteiger partial charge is 0.0979 e. The van der Waals surface area contributed by atoms with E-state index in [2.05, 4.69) is 21.5 Å². The van der Waals surface area contributed by atoms with E-state index in [1.165, 1.54) is 4.91 Å². The monoisotopic (exact) mass is 151 g/mol. The molecule has 0 bridgehead atoms. The van der Waals surface area contributed by atoms with Crippen molar-refractivity contribution in [2.24, 2.45) is 15.4 Å². The van der Waals surface area contributed by atoms with Gasteiger partial charge >= 0.3 is 0 Å². The van der Waals surface area contributed by atoms with Crippen molar-refractivity contribution in [3.8, 4) is 0 Å². The fraction of sp³-hybridized carbons (Fsp3) is 0.167. The largest absolute Gasteiger partial charge is 0.139 e. The Kier molecular flexibility index (Phi) is 1.39. The number of nitrogens with zero attached hydrogens (tertiary/aromatic N) is 3. The highest BCUT2D eigenvalue weighted by molar-refractivity contribution is 8.03. The van der Waals surface area contributed by atoms with Crippen molar-refractivity contribution < 1.29 is 0 Å². The first-order valence-electron chi connectivity index (χ1n) is 2.94. The molecule has 0 aromatic rings. The van der Waals surface area contributed by atoms with Crippen molar-refractivity contribution in [2.45, 2.75) is 0 Å². The Hall–Kier alpha value is -0.900. The van der Waals surface area contributed by atoms with Crippen molar-refractivity contribution in [3.05, 3.63) is 22.8 Å². The quantitative estimate of drug-likeness (QED) is 0.521. The van der Waals surface area contributed by atoms with E-state index in [4.69, 9.17) is 0 Å². The lowest BCUT2D eigenvalue weighted by Gasteiger charge is -1.90. The van der Waals surface area contributed by atoms with Crippen LogP contribution in [-0.2, 0) is 0 Å². The molecule has 2 aliphatic heterocycles. The van der Waals surface area contributed by atoms with Crippen LogP contribution in [0.3, 0.4) is 0 Å². The molecule has 2 heterocycles. The summed E-state index contributed by atoms with van der Waals surface area (Å²) in [5, 5.41) is 11.1. The van der Waals surface area contributed by atoms with Crippen LogP contribution >= 0.6 is 11.8 Å². The van der Waals surface area contributed by atoms with E-state index in [9.17, 15) is 0 Å². The van der Waals surface area contributed by atoms with Crippen molar-refractivity contribution >= 4 is 18.0 Å². The normalized spacial score (nSPS) is 21.6. The van der Waals surface area contributed by atoms with Crippen LogP contribution in [0.1, 0.15) is 0 Å². The molecule has 0 saturated carbocycles. The molecule has 3 nitrogen and oxygen atoms in total. The maximum Gasteiger partial charge on any atom is 0.0979 e. The summed E-state index contributed by atoms with van der Waals surface area (Å²) in [6.07, 6.45) is 5.65. The minimum Gasteiger partial charge on any atom is -0.139 e. The highest BCUT2D eigenvalue weighted by Gasteiger charge is 2.11. The second kappa shape index (κ2) is 2.38. The van der Waals surface area contributed by atoms with Gasteiger partial charge in [0.05, 0.1) is 11.9 Å². The maximum absolute atomic E-state index is 3.88. The number of hydrogen-bond acceptors (Lipinski definition) is 4. The Bertz CT molecular complexity index is 262. The lowest BCUT2D eigenvalue weighted by atomic mass is 10.4. The fourth-order valence-corrected chi connectivity index (χ4v) is 1.66. The van der Waals surface area contributed by atoms with Gasteiger partial charge in [0, 0.05) is 10.7 Å². The van der Waals surface area contributed by atoms with Crippen LogP contribution in [0.5, 0.6) is 0 Å². The van der Waals surface area contributed by atoms with Crippen LogP contribution in [0.2, 0.25) is 0 Å². The maximum atomic E-state index is 3.88. The van der Waals surface area contributed by atoms with Crippen LogP contribution in [0.4, 0.5) is 0 Å². The second-order valence-electron chi connectivity index (χ2n) is 1.89. The summed E-state index contributed by atoms with van der Waals surface area (Å²) in [6.45, 7) is 0. The molecule has 0 aromatic heterocycles. The van der Waals surface area contributed by atoms with E-state index in [1.54, 1.807) is 18.0 Å². The summed E-state index contributed by atoms with van der Waals surface area (Å²) >= 11 is 1.76. The van der Waals surface area contributed by atoms with Gasteiger partial charge in [0.2, 0.25) is 0 Å². The summed E-state index contributed by atoms with van der Waals surface area (Å²) in [5.41, 5.74) is 0.961. The van der Waals surface area contributed by atoms with Crippen LogP contribution in [0, 0.1) is 0 Å². The minimum atomic E-state index is 0.961. The van der Waals surface area contributed by atoms with Gasteiger partial charge in [-0.05, 0) is 17.4 Å². The van der Waals surface area contributed by atoms with Gasteiger partial charge in [0.1, 0.15) is 0 Å². The average Bonchev–Trinajstić information content (AvgIpc) is 2.28. The van der Waals surface area contributed by atoms with Gasteiger partial charge in [-0.15, -0.1) is 22.0 Å². The molecule has 0 fully saturated rings. The van der Waals surface area contributed by atoms with Crippen LogP contribution < -0.4 is 0 Å². The van der Waals surface area contributed by atoms with E-state index < -0.39 is 0 Å². The summed E-state index contributed by atoms with van der Waals surface area (Å²) in [5.74, 6) is 1.01. The third kappa shape index (κ3) is 0.903. The van der Waals surface area contributed by atoms with E-state index >= 15 is 0 Å². The van der Waals surface area contributed by atoms with Crippen molar-refractivity contribution in [2.75, 3.05) is 5.75 Å². The Morgan fingerprint density at radius 1 is 1.50 bits per heavy atom. The minimum absolute atomic E-state index is 0.961. The molecule has 2 rings (SSSR count). The fourth-order valence-electron chi connectivity index (χ4n) is 0.813. The van der Waals surface area contributed by atoms with E-state index in [0.717, 1.165) is 11.4 Å². The highest BCUT2D eigenvalue weighted by atomic mass is 32.2. The van der Waals surface area contributed by atoms with Gasteiger partial charge < -0.3 is 0 Å². The van der Waals surface area contributed by atoms with Gasteiger partial charge in [0.25, 0.3) is 0 Å². The lowest BCUT2D eigenvalue weighted by Crippen LogP contribution is -1.71. The van der Waals surface area contributed by atoms with Gasteiger partial charge in [-0.25, -0.2) is 0 Å². The molecule has 0 spiro atoms. The highest BCUT2D eigenvalue weighted by Crippen LogP contribution is 2.32. The molecule has 50 valence electrons. The second-order valence-corrected chi connectivity index (χ2v) is 2.95. The first-order valence-corrected chi connectivity index (χ1v) is 3.93. The van der Waals surface area contributed by atoms with Crippen molar-refractivity contribution in [1.82, 2.24) is 0 Å². The Morgan fingerprint density at radius 2 is 2.50 bits per heavy atom. The molecule has 0 atom stereocenters. The summed E-state index contributed by atoms with van der Waals surface area (Å²) in [4.78, 5) is 1.17. The molecule has 0 amide bonds. The number of fused-ring (bicyclic) bond motifs is 1. The molecule has 0 aromatic carbocycles. The van der Waals surface area contributed by atoms with Gasteiger partial charge in [-0.2, -0.15) is 0 Å². The molecular formula is C6H5N3S. The van der Waals surface area contributed by atoms with Crippen molar-refractivity contribution in [1.29, 1.82) is 0 Å². The molecule has 10 heavy (non-hydrogen) atoms. The number of thioether (sulfide) groups is 1. The van der Waals surface area contributed by atoms with Crippen LogP contribution in [-0.4, -0.2) is 12.0 Å². The summed E-state index contributed by atoms with van der Waals surface area (Å²) in [7, 11) is 0. The Balaban J connectivity index is 2.42. The first-order chi connectivity index (χ1) is 4.97. The third-order valence-electron chi connectivity index (χ3n) is 1.26. The molecule has 2 aliphatic rings. The van der Waals surface area contributed by atoms with E-state index in [0.29, 0.717) is 0 Å². The van der Waals surface area contributed by atoms with Crippen LogP contribution in [0.15, 0.2) is 38.2 Å². The predicted octanol–water partition coefficient (Wildman–Crippen LogP) is 1.95. The molecule has 0 radical (unpaired) electrons. The molecule has 4 heteroatoms.